The van der Waals surface area contributed by atoms with Crippen LogP contribution in [0, 0.1) is 17.8 Å². The molecular formula is C23H32O3. The van der Waals surface area contributed by atoms with Crippen molar-refractivity contribution in [3.63, 3.8) is 0 Å². The average molecular weight is 357 g/mol. The van der Waals surface area contributed by atoms with Crippen molar-refractivity contribution in [1.29, 1.82) is 0 Å². The summed E-state index contributed by atoms with van der Waals surface area (Å²) in [5, 5.41) is 0. The summed E-state index contributed by atoms with van der Waals surface area (Å²) in [4.78, 5) is 25.9. The molecule has 0 bridgehead atoms. The molecule has 1 aromatic carbocycles. The van der Waals surface area contributed by atoms with Crippen molar-refractivity contribution in [2.45, 2.75) is 66.2 Å². The van der Waals surface area contributed by atoms with E-state index in [0.29, 0.717) is 11.3 Å². The normalized spacial score (nSPS) is 21.2. The van der Waals surface area contributed by atoms with Gasteiger partial charge in [0.05, 0.1) is 11.5 Å². The lowest BCUT2D eigenvalue weighted by atomic mass is 9.89. The molecule has 1 aliphatic carbocycles. The Hall–Kier alpha value is -1.90. The molecule has 3 nitrogen and oxygen atoms in total. The van der Waals surface area contributed by atoms with E-state index in [1.54, 1.807) is 0 Å². The van der Waals surface area contributed by atoms with E-state index in [1.807, 2.05) is 44.2 Å². The first-order chi connectivity index (χ1) is 12.6. The second-order valence-electron chi connectivity index (χ2n) is 7.17. The first-order valence-electron chi connectivity index (χ1n) is 10.1. The van der Waals surface area contributed by atoms with Crippen LogP contribution >= 0.6 is 0 Å². The first-order valence-corrected chi connectivity index (χ1v) is 10.1. The summed E-state index contributed by atoms with van der Waals surface area (Å²) in [5.74, 6) is 0.370. The molecule has 0 radical (unpaired) electrons. The topological polar surface area (TPSA) is 43.4 Å². The SMILES string of the molecule is CCCCC(CC)C(=O)OC1=C(c2ccccc2)C(=O)C(CC)C1CC. The van der Waals surface area contributed by atoms with Crippen molar-refractivity contribution in [3.8, 4) is 0 Å². The number of carbonyl (C=O) groups is 2. The fourth-order valence-electron chi connectivity index (χ4n) is 3.94. The fourth-order valence-corrected chi connectivity index (χ4v) is 3.94. The van der Waals surface area contributed by atoms with E-state index >= 15 is 0 Å². The number of rotatable bonds is 9. The smallest absolute Gasteiger partial charge is 0.314 e. The Bertz CT molecular complexity index is 645. The van der Waals surface area contributed by atoms with Crippen LogP contribution in [0.1, 0.15) is 71.8 Å². The second kappa shape index (κ2) is 9.70. The standard InChI is InChI=1S/C23H32O3/c1-5-9-13-16(6-2)23(25)26-22-19(8-4)18(7-3)21(24)20(22)17-14-11-10-12-15-17/h10-12,14-16,18-19H,5-9,13H2,1-4H3. The Morgan fingerprint density at radius 1 is 1.04 bits per heavy atom. The summed E-state index contributed by atoms with van der Waals surface area (Å²) < 4.78 is 5.95. The van der Waals surface area contributed by atoms with Gasteiger partial charge in [0.25, 0.3) is 0 Å². The minimum atomic E-state index is -0.174. The van der Waals surface area contributed by atoms with Crippen LogP contribution in [-0.2, 0) is 14.3 Å². The van der Waals surface area contributed by atoms with Gasteiger partial charge in [0.1, 0.15) is 5.76 Å². The maximum absolute atomic E-state index is 13.1. The van der Waals surface area contributed by atoms with Crippen molar-refractivity contribution in [2.75, 3.05) is 0 Å². The van der Waals surface area contributed by atoms with Crippen LogP contribution in [-0.4, -0.2) is 11.8 Å². The lowest BCUT2D eigenvalue weighted by Crippen LogP contribution is -2.21. The third-order valence-corrected chi connectivity index (χ3v) is 5.54. The number of hydrogen-bond acceptors (Lipinski definition) is 3. The molecule has 0 aliphatic heterocycles. The molecule has 3 heteroatoms. The molecule has 0 amide bonds. The maximum atomic E-state index is 13.1. The van der Waals surface area contributed by atoms with Crippen LogP contribution in [0.15, 0.2) is 36.1 Å². The van der Waals surface area contributed by atoms with Crippen LogP contribution in [0.2, 0.25) is 0 Å². The van der Waals surface area contributed by atoms with E-state index in [1.165, 1.54) is 0 Å². The molecule has 0 fully saturated rings. The summed E-state index contributed by atoms with van der Waals surface area (Å²) >= 11 is 0. The van der Waals surface area contributed by atoms with E-state index in [4.69, 9.17) is 4.74 Å². The first kappa shape index (κ1) is 20.4. The lowest BCUT2D eigenvalue weighted by molar-refractivity contribution is -0.145. The van der Waals surface area contributed by atoms with Gasteiger partial charge < -0.3 is 4.74 Å². The summed E-state index contributed by atoms with van der Waals surface area (Å²) in [6.45, 7) is 8.26. The van der Waals surface area contributed by atoms with Crippen molar-refractivity contribution in [3.05, 3.63) is 41.7 Å². The predicted octanol–water partition coefficient (Wildman–Crippen LogP) is 5.79. The Balaban J connectivity index is 2.39. The molecule has 0 aromatic heterocycles. The van der Waals surface area contributed by atoms with Crippen LogP contribution in [0.3, 0.4) is 0 Å². The second-order valence-corrected chi connectivity index (χ2v) is 7.17. The van der Waals surface area contributed by atoms with E-state index < -0.39 is 0 Å². The minimum absolute atomic E-state index is 0.00432. The number of Topliss-reactive ketones (excluding diaryl/α,β-unsaturated/α-hetero) is 1. The van der Waals surface area contributed by atoms with E-state index in [0.717, 1.165) is 44.1 Å². The van der Waals surface area contributed by atoms with E-state index in [9.17, 15) is 9.59 Å². The minimum Gasteiger partial charge on any atom is -0.430 e. The van der Waals surface area contributed by atoms with Crippen molar-refractivity contribution >= 4 is 17.3 Å². The number of ketones is 1. The van der Waals surface area contributed by atoms with Gasteiger partial charge in [-0.2, -0.15) is 0 Å². The van der Waals surface area contributed by atoms with Gasteiger partial charge in [-0.15, -0.1) is 0 Å². The molecule has 26 heavy (non-hydrogen) atoms. The highest BCUT2D eigenvalue weighted by Gasteiger charge is 2.43. The number of unbranched alkanes of at least 4 members (excludes halogenated alkanes) is 1. The molecule has 3 atom stereocenters. The van der Waals surface area contributed by atoms with E-state index in [2.05, 4.69) is 13.8 Å². The number of allylic oxidation sites excluding steroid dienone is 2. The predicted molar refractivity (Wildman–Crippen MR) is 105 cm³/mol. The van der Waals surface area contributed by atoms with Gasteiger partial charge in [0.2, 0.25) is 0 Å². The molecule has 1 aromatic rings. The summed E-state index contributed by atoms with van der Waals surface area (Å²) in [6, 6.07) is 9.64. The zero-order valence-corrected chi connectivity index (χ0v) is 16.6. The van der Waals surface area contributed by atoms with Crippen molar-refractivity contribution in [1.82, 2.24) is 0 Å². The quantitative estimate of drug-likeness (QED) is 0.526. The van der Waals surface area contributed by atoms with Crippen molar-refractivity contribution in [2.24, 2.45) is 17.8 Å². The Kier molecular flexibility index (Phi) is 7.62. The van der Waals surface area contributed by atoms with Gasteiger partial charge in [-0.1, -0.05) is 70.9 Å². The van der Waals surface area contributed by atoms with Gasteiger partial charge in [0.15, 0.2) is 5.78 Å². The lowest BCUT2D eigenvalue weighted by Gasteiger charge is -2.20. The number of hydrogen-bond donors (Lipinski definition) is 0. The summed E-state index contributed by atoms with van der Waals surface area (Å²) in [7, 11) is 0. The summed E-state index contributed by atoms with van der Waals surface area (Å²) in [6.07, 6.45) is 5.27. The molecule has 0 N–H and O–H groups in total. The molecule has 3 unspecified atom stereocenters. The monoisotopic (exact) mass is 356 g/mol. The van der Waals surface area contributed by atoms with Crippen LogP contribution in [0.5, 0.6) is 0 Å². The number of esters is 1. The maximum Gasteiger partial charge on any atom is 0.314 e. The highest BCUT2D eigenvalue weighted by molar-refractivity contribution is 6.25. The molecule has 0 saturated carbocycles. The van der Waals surface area contributed by atoms with Gasteiger partial charge in [-0.3, -0.25) is 9.59 Å². The average Bonchev–Trinajstić information content (AvgIpc) is 2.93. The Morgan fingerprint density at radius 3 is 2.23 bits per heavy atom. The molecule has 0 heterocycles. The van der Waals surface area contributed by atoms with E-state index in [-0.39, 0.29) is 29.5 Å². The van der Waals surface area contributed by atoms with Gasteiger partial charge in [0, 0.05) is 11.8 Å². The van der Waals surface area contributed by atoms with Crippen LogP contribution < -0.4 is 0 Å². The molecule has 1 aliphatic rings. The van der Waals surface area contributed by atoms with Crippen LogP contribution in [0.4, 0.5) is 0 Å². The van der Waals surface area contributed by atoms with Crippen LogP contribution in [0.25, 0.3) is 5.57 Å². The van der Waals surface area contributed by atoms with Gasteiger partial charge in [-0.25, -0.2) is 0 Å². The zero-order chi connectivity index (χ0) is 19.1. The Labute approximate surface area is 157 Å². The number of ether oxygens (including phenoxy) is 1. The highest BCUT2D eigenvalue weighted by Crippen LogP contribution is 2.43. The zero-order valence-electron chi connectivity index (χ0n) is 16.6. The number of benzene rings is 1. The largest absolute Gasteiger partial charge is 0.430 e. The van der Waals surface area contributed by atoms with Gasteiger partial charge in [-0.05, 0) is 31.2 Å². The third-order valence-electron chi connectivity index (χ3n) is 5.54. The molecular weight excluding hydrogens is 324 g/mol. The highest BCUT2D eigenvalue weighted by atomic mass is 16.5. The molecule has 0 spiro atoms. The third kappa shape index (κ3) is 4.25. The fraction of sp³-hybridized carbons (Fsp3) is 0.565. The molecule has 0 saturated heterocycles. The Morgan fingerprint density at radius 2 is 1.69 bits per heavy atom. The molecule has 2 rings (SSSR count). The van der Waals surface area contributed by atoms with Gasteiger partial charge >= 0.3 is 5.97 Å². The number of carbonyl (C=O) groups excluding carboxylic acids is 2. The summed E-state index contributed by atoms with van der Waals surface area (Å²) in [5.41, 5.74) is 1.47. The van der Waals surface area contributed by atoms with Crippen molar-refractivity contribution < 1.29 is 14.3 Å². The molecule has 142 valence electrons.